The van der Waals surface area contributed by atoms with Crippen molar-refractivity contribution >= 4 is 5.78 Å². The molecule has 0 aromatic heterocycles. The largest absolute Gasteiger partial charge is 0.294 e. The van der Waals surface area contributed by atoms with Gasteiger partial charge in [-0.2, -0.15) is 5.26 Å². The van der Waals surface area contributed by atoms with Gasteiger partial charge in [-0.15, -0.1) is 0 Å². The van der Waals surface area contributed by atoms with Crippen molar-refractivity contribution in [2.75, 3.05) is 0 Å². The van der Waals surface area contributed by atoms with E-state index in [0.717, 1.165) is 17.5 Å². The molecule has 0 aliphatic heterocycles. The number of ketones is 1. The first-order chi connectivity index (χ1) is 7.72. The molecular formula is C14H17NO. The zero-order valence-corrected chi connectivity index (χ0v) is 9.86. The third-order valence-electron chi connectivity index (χ3n) is 2.78. The maximum Gasteiger partial charge on any atom is 0.162 e. The van der Waals surface area contributed by atoms with Gasteiger partial charge in [0.25, 0.3) is 0 Å². The van der Waals surface area contributed by atoms with Crippen LogP contribution in [-0.4, -0.2) is 5.78 Å². The lowest BCUT2D eigenvalue weighted by Gasteiger charge is -2.10. The van der Waals surface area contributed by atoms with Gasteiger partial charge >= 0.3 is 0 Å². The van der Waals surface area contributed by atoms with Gasteiger partial charge in [0.15, 0.2) is 5.78 Å². The second-order valence-electron chi connectivity index (χ2n) is 3.87. The molecule has 1 unspecified atom stereocenters. The Labute approximate surface area is 96.9 Å². The summed E-state index contributed by atoms with van der Waals surface area (Å²) >= 11 is 0. The molecule has 0 aliphatic rings. The molecule has 0 fully saturated rings. The van der Waals surface area contributed by atoms with E-state index in [2.05, 4.69) is 6.07 Å². The zero-order chi connectivity index (χ0) is 12.0. The Morgan fingerprint density at radius 3 is 2.62 bits per heavy atom. The maximum absolute atomic E-state index is 11.7. The second kappa shape index (κ2) is 6.07. The highest BCUT2D eigenvalue weighted by atomic mass is 16.1. The van der Waals surface area contributed by atoms with E-state index < -0.39 is 0 Å². The first-order valence-corrected chi connectivity index (χ1v) is 5.73. The number of carbonyl (C=O) groups excluding carboxylic acids is 1. The summed E-state index contributed by atoms with van der Waals surface area (Å²) in [5.41, 5.74) is 1.78. The van der Waals surface area contributed by atoms with Gasteiger partial charge in [0.1, 0.15) is 0 Å². The van der Waals surface area contributed by atoms with E-state index in [9.17, 15) is 4.79 Å². The SMILES string of the molecule is CCC(=O)c1ccccc1CC(C#N)CC. The highest BCUT2D eigenvalue weighted by Gasteiger charge is 2.12. The lowest BCUT2D eigenvalue weighted by molar-refractivity contribution is 0.0987. The van der Waals surface area contributed by atoms with E-state index in [-0.39, 0.29) is 11.7 Å². The van der Waals surface area contributed by atoms with Gasteiger partial charge in [-0.05, 0) is 18.4 Å². The summed E-state index contributed by atoms with van der Waals surface area (Å²) in [6.07, 6.45) is 2.01. The Morgan fingerprint density at radius 1 is 1.38 bits per heavy atom. The standard InChI is InChI=1S/C14H17NO/c1-3-11(10-15)9-12-7-5-6-8-13(12)14(16)4-2/h5-8,11H,3-4,9H2,1-2H3. The molecule has 1 rings (SSSR count). The van der Waals surface area contributed by atoms with Crippen LogP contribution in [0.2, 0.25) is 0 Å². The highest BCUT2D eigenvalue weighted by Crippen LogP contribution is 2.17. The summed E-state index contributed by atoms with van der Waals surface area (Å²) in [6, 6.07) is 9.87. The van der Waals surface area contributed by atoms with Crippen LogP contribution in [0.15, 0.2) is 24.3 Å². The Morgan fingerprint density at radius 2 is 2.06 bits per heavy atom. The molecule has 1 aromatic rings. The number of benzene rings is 1. The number of hydrogen-bond donors (Lipinski definition) is 0. The monoisotopic (exact) mass is 215 g/mol. The smallest absolute Gasteiger partial charge is 0.162 e. The van der Waals surface area contributed by atoms with Crippen LogP contribution in [0.5, 0.6) is 0 Å². The fourth-order valence-corrected chi connectivity index (χ4v) is 1.71. The zero-order valence-electron chi connectivity index (χ0n) is 9.86. The number of carbonyl (C=O) groups is 1. The summed E-state index contributed by atoms with van der Waals surface area (Å²) in [6.45, 7) is 3.86. The summed E-state index contributed by atoms with van der Waals surface area (Å²) in [7, 11) is 0. The van der Waals surface area contributed by atoms with Gasteiger partial charge in [-0.25, -0.2) is 0 Å². The number of nitriles is 1. The molecule has 0 aliphatic carbocycles. The van der Waals surface area contributed by atoms with Crippen LogP contribution in [0.4, 0.5) is 0 Å². The molecule has 2 nitrogen and oxygen atoms in total. The molecule has 0 amide bonds. The summed E-state index contributed by atoms with van der Waals surface area (Å²) < 4.78 is 0. The molecule has 1 aromatic carbocycles. The average molecular weight is 215 g/mol. The van der Waals surface area contributed by atoms with Gasteiger partial charge in [0.2, 0.25) is 0 Å². The molecule has 0 bridgehead atoms. The van der Waals surface area contributed by atoms with E-state index >= 15 is 0 Å². The lowest BCUT2D eigenvalue weighted by Crippen LogP contribution is -2.07. The van der Waals surface area contributed by atoms with Crippen molar-refractivity contribution in [3.63, 3.8) is 0 Å². The molecule has 0 spiro atoms. The summed E-state index contributed by atoms with van der Waals surface area (Å²) in [4.78, 5) is 11.7. The van der Waals surface area contributed by atoms with E-state index in [4.69, 9.17) is 5.26 Å². The molecule has 0 radical (unpaired) electrons. The second-order valence-corrected chi connectivity index (χ2v) is 3.87. The lowest BCUT2D eigenvalue weighted by atomic mass is 9.93. The van der Waals surface area contributed by atoms with Crippen LogP contribution in [0.1, 0.15) is 42.6 Å². The van der Waals surface area contributed by atoms with Crippen molar-refractivity contribution in [1.29, 1.82) is 5.26 Å². The van der Waals surface area contributed by atoms with Gasteiger partial charge in [0.05, 0.1) is 12.0 Å². The van der Waals surface area contributed by atoms with E-state index in [1.165, 1.54) is 0 Å². The van der Waals surface area contributed by atoms with Gasteiger partial charge in [-0.1, -0.05) is 38.1 Å². The number of hydrogen-bond acceptors (Lipinski definition) is 2. The van der Waals surface area contributed by atoms with Crippen molar-refractivity contribution < 1.29 is 4.79 Å². The Hall–Kier alpha value is -1.62. The van der Waals surface area contributed by atoms with Crippen LogP contribution in [0, 0.1) is 17.2 Å². The minimum atomic E-state index is 0.00538. The molecule has 2 heteroatoms. The number of rotatable bonds is 5. The van der Waals surface area contributed by atoms with Crippen molar-refractivity contribution in [3.8, 4) is 6.07 Å². The molecule has 0 saturated heterocycles. The van der Waals surface area contributed by atoms with Crippen LogP contribution < -0.4 is 0 Å². The minimum Gasteiger partial charge on any atom is -0.294 e. The normalized spacial score (nSPS) is 11.8. The Balaban J connectivity index is 2.96. The fourth-order valence-electron chi connectivity index (χ4n) is 1.71. The van der Waals surface area contributed by atoms with Crippen molar-refractivity contribution in [2.24, 2.45) is 5.92 Å². The van der Waals surface area contributed by atoms with Crippen LogP contribution in [0.25, 0.3) is 0 Å². The topological polar surface area (TPSA) is 40.9 Å². The molecular weight excluding hydrogens is 198 g/mol. The van der Waals surface area contributed by atoms with Crippen LogP contribution in [0.3, 0.4) is 0 Å². The Bertz CT molecular complexity index is 403. The van der Waals surface area contributed by atoms with E-state index in [0.29, 0.717) is 12.8 Å². The number of Topliss-reactive ketones (excluding diaryl/α,β-unsaturated/α-hetero) is 1. The predicted molar refractivity (Wildman–Crippen MR) is 64.2 cm³/mol. The average Bonchev–Trinajstić information content (AvgIpc) is 2.35. The molecule has 16 heavy (non-hydrogen) atoms. The van der Waals surface area contributed by atoms with Gasteiger partial charge in [0, 0.05) is 12.0 Å². The van der Waals surface area contributed by atoms with Gasteiger partial charge < -0.3 is 0 Å². The first kappa shape index (κ1) is 12.4. The third-order valence-corrected chi connectivity index (χ3v) is 2.78. The molecule has 0 heterocycles. The van der Waals surface area contributed by atoms with Crippen molar-refractivity contribution in [2.45, 2.75) is 33.1 Å². The molecule has 1 atom stereocenters. The Kier molecular flexibility index (Phi) is 4.72. The van der Waals surface area contributed by atoms with Crippen LogP contribution in [-0.2, 0) is 6.42 Å². The van der Waals surface area contributed by atoms with Crippen molar-refractivity contribution in [1.82, 2.24) is 0 Å². The predicted octanol–water partition coefficient (Wildman–Crippen LogP) is 3.37. The number of nitrogens with zero attached hydrogens (tertiary/aromatic N) is 1. The summed E-state index contributed by atoms with van der Waals surface area (Å²) in [5, 5.41) is 8.94. The first-order valence-electron chi connectivity index (χ1n) is 5.73. The fraction of sp³-hybridized carbons (Fsp3) is 0.429. The highest BCUT2D eigenvalue weighted by molar-refractivity contribution is 5.97. The van der Waals surface area contributed by atoms with Crippen LogP contribution >= 0.6 is 0 Å². The van der Waals surface area contributed by atoms with Gasteiger partial charge in [-0.3, -0.25) is 4.79 Å². The third kappa shape index (κ3) is 2.93. The molecule has 0 saturated carbocycles. The van der Waals surface area contributed by atoms with E-state index in [1.807, 2.05) is 38.1 Å². The van der Waals surface area contributed by atoms with Crippen molar-refractivity contribution in [3.05, 3.63) is 35.4 Å². The molecule has 0 N–H and O–H groups in total. The summed E-state index contributed by atoms with van der Waals surface area (Å²) in [5.74, 6) is 0.161. The maximum atomic E-state index is 11.7. The quantitative estimate of drug-likeness (QED) is 0.706. The minimum absolute atomic E-state index is 0.00538. The van der Waals surface area contributed by atoms with E-state index in [1.54, 1.807) is 0 Å². The molecule has 84 valence electrons.